The second-order valence-corrected chi connectivity index (χ2v) is 7.24. The number of imide groups is 1. The Labute approximate surface area is 170 Å². The van der Waals surface area contributed by atoms with Crippen molar-refractivity contribution in [3.05, 3.63) is 88.3 Å². The maximum absolute atomic E-state index is 13.8. The summed E-state index contributed by atoms with van der Waals surface area (Å²) in [6.07, 6.45) is 1.50. The number of nitrogens with zero attached hydrogens (tertiary/aromatic N) is 2. The van der Waals surface area contributed by atoms with Crippen molar-refractivity contribution in [2.75, 3.05) is 0 Å². The number of amides is 2. The minimum Gasteiger partial charge on any atom is -0.457 e. The van der Waals surface area contributed by atoms with E-state index in [2.05, 4.69) is 6.07 Å². The first kappa shape index (κ1) is 18.7. The fourth-order valence-electron chi connectivity index (χ4n) is 2.86. The lowest BCUT2D eigenvalue weighted by Gasteiger charge is -2.12. The van der Waals surface area contributed by atoms with E-state index in [4.69, 9.17) is 9.68 Å². The minimum absolute atomic E-state index is 0.122. The van der Waals surface area contributed by atoms with Gasteiger partial charge < -0.3 is 4.42 Å². The molecule has 0 unspecified atom stereocenters. The van der Waals surface area contributed by atoms with E-state index in [1.165, 1.54) is 12.1 Å². The zero-order chi connectivity index (χ0) is 20.4. The summed E-state index contributed by atoms with van der Waals surface area (Å²) in [5.74, 6) is 0.0419. The first-order valence-electron chi connectivity index (χ1n) is 8.64. The summed E-state index contributed by atoms with van der Waals surface area (Å²) in [7, 11) is 0. The number of nitriles is 1. The van der Waals surface area contributed by atoms with Crippen LogP contribution in [0.3, 0.4) is 0 Å². The van der Waals surface area contributed by atoms with Crippen LogP contribution in [0.5, 0.6) is 0 Å². The van der Waals surface area contributed by atoms with Gasteiger partial charge >= 0.3 is 0 Å². The Hall–Kier alpha value is -3.63. The summed E-state index contributed by atoms with van der Waals surface area (Å²) in [6, 6.07) is 18.4. The first-order valence-corrected chi connectivity index (χ1v) is 9.46. The summed E-state index contributed by atoms with van der Waals surface area (Å²) in [6.45, 7) is -0.122. The molecule has 0 aliphatic carbocycles. The Morgan fingerprint density at radius 2 is 1.83 bits per heavy atom. The van der Waals surface area contributed by atoms with E-state index in [-0.39, 0.29) is 17.0 Å². The fraction of sp³-hybridized carbons (Fsp3) is 0.0455. The maximum Gasteiger partial charge on any atom is 0.293 e. The normalized spacial score (nSPS) is 15.2. The average Bonchev–Trinajstić information content (AvgIpc) is 3.30. The molecule has 3 aromatic rings. The highest BCUT2D eigenvalue weighted by atomic mass is 32.2. The van der Waals surface area contributed by atoms with Crippen molar-refractivity contribution < 1.29 is 18.4 Å². The van der Waals surface area contributed by atoms with Gasteiger partial charge in [-0.15, -0.1) is 0 Å². The van der Waals surface area contributed by atoms with Gasteiger partial charge in [-0.1, -0.05) is 18.2 Å². The van der Waals surface area contributed by atoms with Gasteiger partial charge in [0.25, 0.3) is 11.1 Å². The average molecular weight is 404 g/mol. The number of carbonyl (C=O) groups is 2. The molecule has 5 nitrogen and oxygen atoms in total. The standard InChI is InChI=1S/C22H13FN2O3S/c23-18-4-2-1-3-16(18)13-25-21(26)20(29-22(25)27)11-17-9-10-19(28-17)15-7-5-14(12-24)6-8-15/h1-11H,13H2/b20-11+. The van der Waals surface area contributed by atoms with E-state index in [9.17, 15) is 14.0 Å². The summed E-state index contributed by atoms with van der Waals surface area (Å²) >= 11 is 0.792. The lowest BCUT2D eigenvalue weighted by molar-refractivity contribution is -0.123. The summed E-state index contributed by atoms with van der Waals surface area (Å²) < 4.78 is 19.6. The zero-order valence-electron chi connectivity index (χ0n) is 15.0. The molecule has 1 aliphatic rings. The first-order chi connectivity index (χ1) is 14.0. The molecule has 0 atom stereocenters. The highest BCUT2D eigenvalue weighted by Crippen LogP contribution is 2.34. The molecule has 1 saturated heterocycles. The Balaban J connectivity index is 1.54. The van der Waals surface area contributed by atoms with Crippen LogP contribution >= 0.6 is 11.8 Å². The van der Waals surface area contributed by atoms with Crippen molar-refractivity contribution in [3.8, 4) is 17.4 Å². The highest BCUT2D eigenvalue weighted by molar-refractivity contribution is 8.18. The van der Waals surface area contributed by atoms with Gasteiger partial charge in [0.1, 0.15) is 17.3 Å². The van der Waals surface area contributed by atoms with Crippen LogP contribution < -0.4 is 0 Å². The number of carbonyl (C=O) groups excluding carboxylic acids is 2. The van der Waals surface area contributed by atoms with Gasteiger partial charge in [0, 0.05) is 17.2 Å². The number of thioether (sulfide) groups is 1. The quantitative estimate of drug-likeness (QED) is 0.559. The zero-order valence-corrected chi connectivity index (χ0v) is 15.8. The van der Waals surface area contributed by atoms with Gasteiger partial charge in [0.2, 0.25) is 0 Å². The molecule has 0 bridgehead atoms. The molecule has 4 rings (SSSR count). The Morgan fingerprint density at radius 3 is 2.55 bits per heavy atom. The van der Waals surface area contributed by atoms with Gasteiger partial charge in [-0.2, -0.15) is 5.26 Å². The summed E-state index contributed by atoms with van der Waals surface area (Å²) in [5, 5.41) is 8.42. The number of furan rings is 1. The van der Waals surface area contributed by atoms with E-state index < -0.39 is 17.0 Å². The van der Waals surface area contributed by atoms with Gasteiger partial charge in [0.15, 0.2) is 0 Å². The van der Waals surface area contributed by atoms with Crippen molar-refractivity contribution >= 4 is 29.0 Å². The van der Waals surface area contributed by atoms with Crippen LogP contribution in [0.2, 0.25) is 0 Å². The molecule has 1 aliphatic heterocycles. The van der Waals surface area contributed by atoms with Gasteiger partial charge in [-0.3, -0.25) is 14.5 Å². The van der Waals surface area contributed by atoms with Crippen LogP contribution in [0.25, 0.3) is 17.4 Å². The molecule has 0 saturated carbocycles. The lowest BCUT2D eigenvalue weighted by atomic mass is 10.1. The molecule has 2 aromatic carbocycles. The van der Waals surface area contributed by atoms with Crippen molar-refractivity contribution in [1.82, 2.24) is 4.90 Å². The molecule has 7 heteroatoms. The number of rotatable bonds is 4. The predicted octanol–water partition coefficient (Wildman–Crippen LogP) is 5.19. The molecule has 29 heavy (non-hydrogen) atoms. The van der Waals surface area contributed by atoms with Gasteiger partial charge in [-0.25, -0.2) is 4.39 Å². The van der Waals surface area contributed by atoms with Crippen LogP contribution in [0.4, 0.5) is 9.18 Å². The molecule has 0 spiro atoms. The third-order valence-electron chi connectivity index (χ3n) is 4.36. The highest BCUT2D eigenvalue weighted by Gasteiger charge is 2.35. The smallest absolute Gasteiger partial charge is 0.293 e. The van der Waals surface area contributed by atoms with E-state index in [0.717, 1.165) is 22.2 Å². The number of hydrogen-bond donors (Lipinski definition) is 0. The van der Waals surface area contributed by atoms with Crippen molar-refractivity contribution in [2.45, 2.75) is 6.54 Å². The fourth-order valence-corrected chi connectivity index (χ4v) is 3.68. The van der Waals surface area contributed by atoms with E-state index in [1.807, 2.05) is 0 Å². The molecule has 1 fully saturated rings. The molecular weight excluding hydrogens is 391 g/mol. The van der Waals surface area contributed by atoms with Crippen molar-refractivity contribution in [1.29, 1.82) is 5.26 Å². The third-order valence-corrected chi connectivity index (χ3v) is 5.27. The Bertz CT molecular complexity index is 1180. The Kier molecular flexibility index (Phi) is 5.02. The van der Waals surface area contributed by atoms with Crippen LogP contribution in [0, 0.1) is 17.1 Å². The number of benzene rings is 2. The van der Waals surface area contributed by atoms with Gasteiger partial charge in [-0.05, 0) is 54.2 Å². The second-order valence-electron chi connectivity index (χ2n) is 6.25. The lowest BCUT2D eigenvalue weighted by Crippen LogP contribution is -2.27. The predicted molar refractivity (Wildman–Crippen MR) is 107 cm³/mol. The van der Waals surface area contributed by atoms with Crippen LogP contribution in [0.15, 0.2) is 70.0 Å². The van der Waals surface area contributed by atoms with Crippen molar-refractivity contribution in [2.24, 2.45) is 0 Å². The topological polar surface area (TPSA) is 74.3 Å². The molecule has 1 aromatic heterocycles. The molecule has 2 amide bonds. The molecule has 0 N–H and O–H groups in total. The summed E-state index contributed by atoms with van der Waals surface area (Å²) in [5.41, 5.74) is 1.61. The van der Waals surface area contributed by atoms with E-state index in [0.29, 0.717) is 17.1 Å². The third kappa shape index (κ3) is 3.84. The van der Waals surface area contributed by atoms with Gasteiger partial charge in [0.05, 0.1) is 23.1 Å². The monoisotopic (exact) mass is 404 g/mol. The van der Waals surface area contributed by atoms with Crippen molar-refractivity contribution in [3.63, 3.8) is 0 Å². The van der Waals surface area contributed by atoms with E-state index >= 15 is 0 Å². The van der Waals surface area contributed by atoms with Crippen LogP contribution in [-0.2, 0) is 11.3 Å². The van der Waals surface area contributed by atoms with E-state index in [1.54, 1.807) is 54.6 Å². The summed E-state index contributed by atoms with van der Waals surface area (Å²) in [4.78, 5) is 26.1. The number of halogens is 1. The molecular formula is C22H13FN2O3S. The Morgan fingerprint density at radius 1 is 1.07 bits per heavy atom. The van der Waals surface area contributed by atoms with Crippen LogP contribution in [0.1, 0.15) is 16.9 Å². The maximum atomic E-state index is 13.8. The number of hydrogen-bond acceptors (Lipinski definition) is 5. The SMILES string of the molecule is N#Cc1ccc(-c2ccc(/C=C3/SC(=O)N(Cc4ccccc4F)C3=O)o2)cc1. The minimum atomic E-state index is -0.487. The second kappa shape index (κ2) is 7.78. The van der Waals surface area contributed by atoms with Crippen LogP contribution in [-0.4, -0.2) is 16.0 Å². The molecule has 2 heterocycles. The largest absolute Gasteiger partial charge is 0.457 e. The molecule has 0 radical (unpaired) electrons. The molecule has 142 valence electrons.